The van der Waals surface area contributed by atoms with Crippen molar-refractivity contribution in [2.45, 2.75) is 31.8 Å². The molecule has 1 saturated heterocycles. The highest BCUT2D eigenvalue weighted by molar-refractivity contribution is 5.94. The number of hydrogen-bond donors (Lipinski definition) is 2. The Labute approximate surface area is 105 Å². The van der Waals surface area contributed by atoms with Crippen molar-refractivity contribution in [3.05, 3.63) is 35.4 Å². The summed E-state index contributed by atoms with van der Waals surface area (Å²) < 4.78 is 26.2. The third kappa shape index (κ3) is 2.85. The molecule has 3 nitrogen and oxygen atoms in total. The highest BCUT2D eigenvalue weighted by Gasteiger charge is 2.23. The zero-order valence-corrected chi connectivity index (χ0v) is 10.2. The van der Waals surface area contributed by atoms with E-state index in [-0.39, 0.29) is 17.6 Å². The van der Waals surface area contributed by atoms with E-state index in [1.54, 1.807) is 0 Å². The Hall–Kier alpha value is -1.49. The number of rotatable bonds is 2. The highest BCUT2D eigenvalue weighted by Crippen LogP contribution is 2.12. The van der Waals surface area contributed by atoms with Crippen LogP contribution in [-0.2, 0) is 0 Å². The van der Waals surface area contributed by atoms with Gasteiger partial charge in [-0.2, -0.15) is 0 Å². The second kappa shape index (κ2) is 5.44. The van der Waals surface area contributed by atoms with Crippen molar-refractivity contribution in [2.75, 3.05) is 6.54 Å². The Morgan fingerprint density at radius 1 is 1.44 bits per heavy atom. The minimum atomic E-state index is -0.830. The molecule has 98 valence electrons. The predicted molar refractivity (Wildman–Crippen MR) is 64.3 cm³/mol. The Balaban J connectivity index is 2.07. The quantitative estimate of drug-likeness (QED) is 0.845. The van der Waals surface area contributed by atoms with Crippen LogP contribution in [0.5, 0.6) is 0 Å². The summed E-state index contributed by atoms with van der Waals surface area (Å²) in [5.41, 5.74) is -0.117. The lowest BCUT2D eigenvalue weighted by molar-refractivity contribution is 0.0915. The number of piperidine rings is 1. The van der Waals surface area contributed by atoms with Crippen molar-refractivity contribution in [1.29, 1.82) is 0 Å². The average molecular weight is 254 g/mol. The summed E-state index contributed by atoms with van der Waals surface area (Å²) in [5, 5.41) is 6.03. The van der Waals surface area contributed by atoms with E-state index in [0.29, 0.717) is 0 Å². The van der Waals surface area contributed by atoms with E-state index < -0.39 is 17.5 Å². The molecule has 0 aliphatic carbocycles. The number of hydrogen-bond acceptors (Lipinski definition) is 2. The van der Waals surface area contributed by atoms with Crippen LogP contribution in [0.2, 0.25) is 0 Å². The number of carbonyl (C=O) groups excluding carboxylic acids is 1. The van der Waals surface area contributed by atoms with Gasteiger partial charge in [0.05, 0.1) is 5.56 Å². The van der Waals surface area contributed by atoms with Crippen LogP contribution in [0.1, 0.15) is 30.1 Å². The summed E-state index contributed by atoms with van der Waals surface area (Å²) in [6.45, 7) is 2.91. The SMILES string of the molecule is C[C@@H]1NCCC[C@H]1NC(=O)c1ccc(F)cc1F. The number of halogens is 2. The fourth-order valence-corrected chi connectivity index (χ4v) is 2.16. The van der Waals surface area contributed by atoms with Crippen LogP contribution < -0.4 is 10.6 Å². The van der Waals surface area contributed by atoms with Crippen LogP contribution in [0.15, 0.2) is 18.2 Å². The molecule has 1 aromatic carbocycles. The molecule has 0 unspecified atom stereocenters. The van der Waals surface area contributed by atoms with Crippen molar-refractivity contribution in [2.24, 2.45) is 0 Å². The third-order valence-corrected chi connectivity index (χ3v) is 3.25. The largest absolute Gasteiger partial charge is 0.348 e. The molecule has 5 heteroatoms. The van der Waals surface area contributed by atoms with Crippen LogP contribution in [0, 0.1) is 11.6 Å². The summed E-state index contributed by atoms with van der Waals surface area (Å²) in [4.78, 5) is 11.9. The normalized spacial score (nSPS) is 23.7. The van der Waals surface area contributed by atoms with Gasteiger partial charge in [-0.1, -0.05) is 0 Å². The Morgan fingerprint density at radius 3 is 2.89 bits per heavy atom. The zero-order valence-electron chi connectivity index (χ0n) is 10.2. The Kier molecular flexibility index (Phi) is 3.91. The van der Waals surface area contributed by atoms with E-state index in [0.717, 1.165) is 31.5 Å². The molecular weight excluding hydrogens is 238 g/mol. The maximum Gasteiger partial charge on any atom is 0.254 e. The van der Waals surface area contributed by atoms with Crippen molar-refractivity contribution in [3.63, 3.8) is 0 Å². The number of amides is 1. The van der Waals surface area contributed by atoms with Gasteiger partial charge in [0.1, 0.15) is 11.6 Å². The predicted octanol–water partition coefficient (Wildman–Crippen LogP) is 1.84. The van der Waals surface area contributed by atoms with Gasteiger partial charge in [-0.3, -0.25) is 4.79 Å². The molecule has 0 radical (unpaired) electrons. The van der Waals surface area contributed by atoms with Gasteiger partial charge in [0.25, 0.3) is 5.91 Å². The van der Waals surface area contributed by atoms with Gasteiger partial charge in [-0.15, -0.1) is 0 Å². The molecule has 1 aliphatic heterocycles. The van der Waals surface area contributed by atoms with Gasteiger partial charge in [0.2, 0.25) is 0 Å². The molecule has 1 aromatic rings. The summed E-state index contributed by atoms with van der Waals surface area (Å²) in [7, 11) is 0. The van der Waals surface area contributed by atoms with E-state index in [9.17, 15) is 13.6 Å². The van der Waals surface area contributed by atoms with Crippen molar-refractivity contribution in [1.82, 2.24) is 10.6 Å². The first-order chi connectivity index (χ1) is 8.58. The molecule has 0 bridgehead atoms. The van der Waals surface area contributed by atoms with E-state index in [4.69, 9.17) is 0 Å². The van der Waals surface area contributed by atoms with Crippen LogP contribution in [0.3, 0.4) is 0 Å². The minimum absolute atomic E-state index is 0.0179. The summed E-state index contributed by atoms with van der Waals surface area (Å²) >= 11 is 0. The van der Waals surface area contributed by atoms with Crippen LogP contribution in [0.4, 0.5) is 8.78 Å². The third-order valence-electron chi connectivity index (χ3n) is 3.25. The monoisotopic (exact) mass is 254 g/mol. The molecule has 0 aromatic heterocycles. The van der Waals surface area contributed by atoms with Crippen LogP contribution in [-0.4, -0.2) is 24.5 Å². The lowest BCUT2D eigenvalue weighted by Gasteiger charge is -2.30. The maximum absolute atomic E-state index is 13.4. The van der Waals surface area contributed by atoms with Crippen LogP contribution in [0.25, 0.3) is 0 Å². The molecule has 18 heavy (non-hydrogen) atoms. The smallest absolute Gasteiger partial charge is 0.254 e. The van der Waals surface area contributed by atoms with Crippen LogP contribution >= 0.6 is 0 Å². The average Bonchev–Trinajstić information content (AvgIpc) is 2.32. The lowest BCUT2D eigenvalue weighted by Crippen LogP contribution is -2.52. The maximum atomic E-state index is 13.4. The first-order valence-corrected chi connectivity index (χ1v) is 6.07. The number of benzene rings is 1. The fraction of sp³-hybridized carbons (Fsp3) is 0.462. The second-order valence-electron chi connectivity index (χ2n) is 4.59. The Bertz CT molecular complexity index is 451. The lowest BCUT2D eigenvalue weighted by atomic mass is 9.99. The first-order valence-electron chi connectivity index (χ1n) is 6.07. The van der Waals surface area contributed by atoms with Gasteiger partial charge >= 0.3 is 0 Å². The number of nitrogens with one attached hydrogen (secondary N) is 2. The molecule has 2 N–H and O–H groups in total. The molecule has 0 spiro atoms. The van der Waals surface area contributed by atoms with Crippen molar-refractivity contribution in [3.8, 4) is 0 Å². The molecule has 1 amide bonds. The second-order valence-corrected chi connectivity index (χ2v) is 4.59. The zero-order chi connectivity index (χ0) is 13.1. The molecular formula is C13H16F2N2O. The van der Waals surface area contributed by atoms with E-state index in [2.05, 4.69) is 10.6 Å². The first kappa shape index (κ1) is 13.0. The van der Waals surface area contributed by atoms with Gasteiger partial charge in [0, 0.05) is 18.2 Å². The summed E-state index contributed by atoms with van der Waals surface area (Å²) in [5.74, 6) is -2.01. The molecule has 1 heterocycles. The van der Waals surface area contributed by atoms with E-state index in [1.165, 1.54) is 6.07 Å². The summed E-state index contributed by atoms with van der Waals surface area (Å²) in [6.07, 6.45) is 1.84. The van der Waals surface area contributed by atoms with Gasteiger partial charge < -0.3 is 10.6 Å². The Morgan fingerprint density at radius 2 is 2.22 bits per heavy atom. The van der Waals surface area contributed by atoms with E-state index >= 15 is 0 Å². The minimum Gasteiger partial charge on any atom is -0.348 e. The topological polar surface area (TPSA) is 41.1 Å². The van der Waals surface area contributed by atoms with Gasteiger partial charge in [-0.25, -0.2) is 8.78 Å². The number of carbonyl (C=O) groups is 1. The molecule has 1 aliphatic rings. The molecule has 0 saturated carbocycles. The summed E-state index contributed by atoms with van der Waals surface area (Å²) in [6, 6.07) is 3.11. The standard InChI is InChI=1S/C13H16F2N2O/c1-8-12(3-2-6-16-8)17-13(18)10-5-4-9(14)7-11(10)15/h4-5,7-8,12,16H,2-3,6H2,1H3,(H,17,18)/t8-,12+/m0/s1. The van der Waals surface area contributed by atoms with Crippen molar-refractivity contribution >= 4 is 5.91 Å². The fourth-order valence-electron chi connectivity index (χ4n) is 2.16. The van der Waals surface area contributed by atoms with E-state index in [1.807, 2.05) is 6.92 Å². The molecule has 2 rings (SSSR count). The molecule has 1 fully saturated rings. The van der Waals surface area contributed by atoms with Crippen molar-refractivity contribution < 1.29 is 13.6 Å². The van der Waals surface area contributed by atoms with Gasteiger partial charge in [0.15, 0.2) is 0 Å². The highest BCUT2D eigenvalue weighted by atomic mass is 19.1. The molecule has 2 atom stereocenters. The van der Waals surface area contributed by atoms with Gasteiger partial charge in [-0.05, 0) is 38.4 Å².